The lowest BCUT2D eigenvalue weighted by Gasteiger charge is -2.37. The van der Waals surface area contributed by atoms with E-state index >= 15 is 0 Å². The van der Waals surface area contributed by atoms with E-state index in [1.165, 1.54) is 41.4 Å². The number of likely N-dealkylation sites (tertiary alicyclic amines) is 1. The van der Waals surface area contributed by atoms with Crippen molar-refractivity contribution >= 4 is 10.9 Å². The largest absolute Gasteiger partial charge is 0.381 e. The first-order valence-corrected chi connectivity index (χ1v) is 13.9. The Bertz CT molecular complexity index is 1040. The second-order valence-corrected chi connectivity index (χ2v) is 12.2. The Hall–Kier alpha value is -1.48. The molecule has 4 unspecified atom stereocenters. The summed E-state index contributed by atoms with van der Waals surface area (Å²) in [7, 11) is 2.19. The second-order valence-electron chi connectivity index (χ2n) is 12.2. The van der Waals surface area contributed by atoms with Crippen molar-refractivity contribution in [3.8, 4) is 0 Å². The van der Waals surface area contributed by atoms with Crippen LogP contribution in [0.25, 0.3) is 10.9 Å². The molecule has 7 nitrogen and oxygen atoms in total. The van der Waals surface area contributed by atoms with E-state index in [4.69, 9.17) is 9.47 Å². The summed E-state index contributed by atoms with van der Waals surface area (Å²) in [5, 5.41) is 26.2. The van der Waals surface area contributed by atoms with Crippen LogP contribution in [0.2, 0.25) is 0 Å². The minimum absolute atomic E-state index is 0.0687. The van der Waals surface area contributed by atoms with Gasteiger partial charge in [0, 0.05) is 56.0 Å². The van der Waals surface area contributed by atoms with E-state index < -0.39 is 18.2 Å². The molecule has 1 aromatic carbocycles. The lowest BCUT2D eigenvalue weighted by atomic mass is 9.75. The first-order valence-electron chi connectivity index (χ1n) is 13.9. The van der Waals surface area contributed by atoms with Gasteiger partial charge in [0.15, 0.2) is 0 Å². The van der Waals surface area contributed by atoms with Crippen molar-refractivity contribution in [2.45, 2.75) is 90.0 Å². The van der Waals surface area contributed by atoms with E-state index in [2.05, 4.69) is 40.0 Å². The average Bonchev–Trinajstić information content (AvgIpc) is 3.14. The van der Waals surface area contributed by atoms with Crippen molar-refractivity contribution in [2.75, 3.05) is 26.3 Å². The van der Waals surface area contributed by atoms with Gasteiger partial charge in [-0.15, -0.1) is 0 Å². The number of piperidine rings is 1. The minimum atomic E-state index is -1.01. The molecule has 4 atom stereocenters. The number of nitrogens with one attached hydrogen (secondary N) is 1. The molecule has 0 radical (unpaired) electrons. The fourth-order valence-electron chi connectivity index (χ4n) is 6.72. The zero-order chi connectivity index (χ0) is 25.4. The quantitative estimate of drug-likeness (QED) is 0.524. The molecule has 0 spiro atoms. The number of hydrogen-bond donors (Lipinski definition) is 3. The molecule has 2 aliphatic heterocycles. The van der Waals surface area contributed by atoms with Crippen LogP contribution in [0.5, 0.6) is 0 Å². The number of rotatable bonds is 6. The molecule has 3 aliphatic rings. The van der Waals surface area contributed by atoms with Gasteiger partial charge in [0.05, 0.1) is 5.60 Å². The number of aryl methyl sites for hydroxylation is 1. The number of aliphatic hydroxyl groups is 2. The first-order chi connectivity index (χ1) is 17.2. The van der Waals surface area contributed by atoms with Gasteiger partial charge >= 0.3 is 0 Å². The van der Waals surface area contributed by atoms with Gasteiger partial charge in [-0.2, -0.15) is 0 Å². The maximum Gasteiger partial charge on any atom is 0.214 e. The van der Waals surface area contributed by atoms with Crippen molar-refractivity contribution < 1.29 is 19.7 Å². The number of fused-ring (bicyclic) bond motifs is 3. The standard InChI is InChI=1S/C29H45N3O4/c1-29(2,3)36-28(34)30-22-6-5-13-32(18-22)27(33)21-8-10-26-24(17-21)23-16-20(7-9-25(23)31(26)4)19-11-14-35-15-12-19/h8,10,17,19-20,22,27-28,30,33-34H,5-7,9,11-16,18H2,1-4H3. The third-order valence-corrected chi connectivity index (χ3v) is 8.55. The van der Waals surface area contributed by atoms with E-state index in [0.717, 1.165) is 62.8 Å². The van der Waals surface area contributed by atoms with Crippen LogP contribution >= 0.6 is 0 Å². The highest BCUT2D eigenvalue weighted by molar-refractivity contribution is 5.86. The van der Waals surface area contributed by atoms with Crippen molar-refractivity contribution in [3.63, 3.8) is 0 Å². The SMILES string of the molecule is Cn1c2c(c3cc(C(O)N4CCCC(NC(O)OC(C)(C)C)C4)ccc31)CC(C1CCOCC1)CC2. The average molecular weight is 500 g/mol. The summed E-state index contributed by atoms with van der Waals surface area (Å²) in [6, 6.07) is 6.58. The summed E-state index contributed by atoms with van der Waals surface area (Å²) >= 11 is 0. The summed E-state index contributed by atoms with van der Waals surface area (Å²) in [6.07, 6.45) is 6.16. The fraction of sp³-hybridized carbons (Fsp3) is 0.724. The monoisotopic (exact) mass is 499 g/mol. The molecule has 0 bridgehead atoms. The number of aromatic nitrogens is 1. The third kappa shape index (κ3) is 5.66. The Labute approximate surface area is 215 Å². The summed E-state index contributed by atoms with van der Waals surface area (Å²) < 4.78 is 13.6. The van der Waals surface area contributed by atoms with E-state index in [1.807, 2.05) is 20.8 Å². The van der Waals surface area contributed by atoms with Crippen LogP contribution in [0.1, 0.15) is 75.9 Å². The number of ether oxygens (including phenoxy) is 2. The fourth-order valence-corrected chi connectivity index (χ4v) is 6.72. The smallest absolute Gasteiger partial charge is 0.214 e. The Balaban J connectivity index is 1.31. The molecule has 2 aromatic rings. The number of nitrogens with zero attached hydrogens (tertiary/aromatic N) is 2. The van der Waals surface area contributed by atoms with E-state index in [0.29, 0.717) is 6.54 Å². The molecule has 3 heterocycles. The van der Waals surface area contributed by atoms with Gasteiger partial charge in [-0.05, 0) is 101 Å². The van der Waals surface area contributed by atoms with Crippen LogP contribution in [0.4, 0.5) is 0 Å². The molecule has 5 rings (SSSR count). The predicted octanol–water partition coefficient (Wildman–Crippen LogP) is 3.85. The van der Waals surface area contributed by atoms with Gasteiger partial charge in [-0.1, -0.05) is 6.07 Å². The van der Waals surface area contributed by atoms with Crippen molar-refractivity contribution in [2.24, 2.45) is 18.9 Å². The highest BCUT2D eigenvalue weighted by Gasteiger charge is 2.32. The van der Waals surface area contributed by atoms with E-state index in [9.17, 15) is 10.2 Å². The molecule has 1 aliphatic carbocycles. The molecule has 2 fully saturated rings. The van der Waals surface area contributed by atoms with Crippen molar-refractivity contribution in [1.29, 1.82) is 0 Å². The lowest BCUT2D eigenvalue weighted by Crippen LogP contribution is -2.51. The van der Waals surface area contributed by atoms with Crippen LogP contribution in [0, 0.1) is 11.8 Å². The number of hydrogen-bond acceptors (Lipinski definition) is 6. The molecular weight excluding hydrogens is 454 g/mol. The molecule has 200 valence electrons. The Morgan fingerprint density at radius 1 is 1.08 bits per heavy atom. The van der Waals surface area contributed by atoms with Gasteiger partial charge < -0.3 is 24.3 Å². The number of benzene rings is 1. The highest BCUT2D eigenvalue weighted by Crippen LogP contribution is 2.40. The van der Waals surface area contributed by atoms with Gasteiger partial charge in [-0.25, -0.2) is 0 Å². The molecule has 36 heavy (non-hydrogen) atoms. The Morgan fingerprint density at radius 2 is 1.86 bits per heavy atom. The van der Waals surface area contributed by atoms with Crippen LogP contribution in [-0.2, 0) is 29.4 Å². The molecule has 1 aromatic heterocycles. The lowest BCUT2D eigenvalue weighted by molar-refractivity contribution is -0.188. The molecule has 0 amide bonds. The number of aliphatic hydroxyl groups excluding tert-OH is 2. The third-order valence-electron chi connectivity index (χ3n) is 8.55. The normalized spacial score (nSPS) is 26.2. The molecule has 7 heteroatoms. The Morgan fingerprint density at radius 3 is 2.61 bits per heavy atom. The van der Waals surface area contributed by atoms with Gasteiger partial charge in [-0.3, -0.25) is 10.2 Å². The zero-order valence-corrected chi connectivity index (χ0v) is 22.5. The second kappa shape index (κ2) is 10.7. The maximum absolute atomic E-state index is 11.4. The topological polar surface area (TPSA) is 79.1 Å². The Kier molecular flexibility index (Phi) is 7.78. The molecular formula is C29H45N3O4. The zero-order valence-electron chi connectivity index (χ0n) is 22.5. The van der Waals surface area contributed by atoms with Crippen LogP contribution in [-0.4, -0.2) is 64.0 Å². The first kappa shape index (κ1) is 26.1. The van der Waals surface area contributed by atoms with Crippen LogP contribution in [0.3, 0.4) is 0 Å². The maximum atomic E-state index is 11.4. The van der Waals surface area contributed by atoms with Crippen LogP contribution < -0.4 is 5.32 Å². The molecule has 2 saturated heterocycles. The summed E-state index contributed by atoms with van der Waals surface area (Å²) in [6.45, 7) is 9.11. The van der Waals surface area contributed by atoms with Gasteiger partial charge in [0.2, 0.25) is 6.41 Å². The van der Waals surface area contributed by atoms with E-state index in [-0.39, 0.29) is 6.04 Å². The predicted molar refractivity (Wildman–Crippen MR) is 142 cm³/mol. The molecule has 0 saturated carbocycles. The van der Waals surface area contributed by atoms with Gasteiger partial charge in [0.25, 0.3) is 0 Å². The molecule has 3 N–H and O–H groups in total. The minimum Gasteiger partial charge on any atom is -0.381 e. The summed E-state index contributed by atoms with van der Waals surface area (Å²) in [5.41, 5.74) is 4.76. The van der Waals surface area contributed by atoms with E-state index in [1.54, 1.807) is 0 Å². The highest BCUT2D eigenvalue weighted by atomic mass is 16.6. The van der Waals surface area contributed by atoms with Gasteiger partial charge in [0.1, 0.15) is 6.23 Å². The summed E-state index contributed by atoms with van der Waals surface area (Å²) in [4.78, 5) is 2.12. The van der Waals surface area contributed by atoms with Crippen molar-refractivity contribution in [1.82, 2.24) is 14.8 Å². The summed E-state index contributed by atoms with van der Waals surface area (Å²) in [5.74, 6) is 1.50. The van der Waals surface area contributed by atoms with Crippen LogP contribution in [0.15, 0.2) is 18.2 Å². The van der Waals surface area contributed by atoms with Crippen molar-refractivity contribution in [3.05, 3.63) is 35.0 Å².